The lowest BCUT2D eigenvalue weighted by Crippen LogP contribution is -2.24. The molecule has 1 atom stereocenters. The van der Waals surface area contributed by atoms with Crippen molar-refractivity contribution in [2.75, 3.05) is 26.7 Å². The van der Waals surface area contributed by atoms with Gasteiger partial charge in [-0.25, -0.2) is 0 Å². The number of carbonyl (C=O) groups excluding carboxylic acids is 1. The van der Waals surface area contributed by atoms with E-state index in [9.17, 15) is 4.79 Å². The number of nitrogens with zero attached hydrogens (tertiary/aromatic N) is 1. The molecule has 1 unspecified atom stereocenters. The first-order valence-corrected chi connectivity index (χ1v) is 6.92. The van der Waals surface area contributed by atoms with Gasteiger partial charge in [0.05, 0.1) is 0 Å². The second-order valence-corrected chi connectivity index (χ2v) is 5.10. The summed E-state index contributed by atoms with van der Waals surface area (Å²) in [4.78, 5) is 13.7. The van der Waals surface area contributed by atoms with E-state index in [2.05, 4.69) is 46.6 Å². The van der Waals surface area contributed by atoms with E-state index in [0.29, 0.717) is 12.3 Å². The summed E-state index contributed by atoms with van der Waals surface area (Å²) in [6, 6.07) is 10.3. The molecule has 0 saturated carbocycles. The Labute approximate surface area is 115 Å². The van der Waals surface area contributed by atoms with Gasteiger partial charge in [-0.3, -0.25) is 9.69 Å². The fourth-order valence-electron chi connectivity index (χ4n) is 2.51. The normalized spacial score (nSPS) is 19.9. The van der Waals surface area contributed by atoms with E-state index in [-0.39, 0.29) is 5.91 Å². The molecule has 19 heavy (non-hydrogen) atoms. The average Bonchev–Trinajstić information content (AvgIpc) is 2.87. The molecule has 0 bridgehead atoms. The standard InChI is InChI=1S/C16H22N2O/c1-17-16(19)12-15-9-11-18(13-15)10-5-8-14-6-3-2-4-7-14/h2-8,15H,9-13H2,1H3,(H,17,19). The van der Waals surface area contributed by atoms with Gasteiger partial charge in [0.25, 0.3) is 0 Å². The molecule has 1 heterocycles. The van der Waals surface area contributed by atoms with E-state index < -0.39 is 0 Å². The van der Waals surface area contributed by atoms with E-state index in [0.717, 1.165) is 26.1 Å². The third-order valence-electron chi connectivity index (χ3n) is 3.60. The molecule has 102 valence electrons. The molecule has 1 aromatic rings. The van der Waals surface area contributed by atoms with E-state index in [4.69, 9.17) is 0 Å². The van der Waals surface area contributed by atoms with Crippen molar-refractivity contribution in [3.05, 3.63) is 42.0 Å². The van der Waals surface area contributed by atoms with Crippen molar-refractivity contribution >= 4 is 12.0 Å². The Kier molecular flexibility index (Phi) is 5.16. The molecule has 3 heteroatoms. The smallest absolute Gasteiger partial charge is 0.220 e. The number of hydrogen-bond acceptors (Lipinski definition) is 2. The van der Waals surface area contributed by atoms with Crippen LogP contribution in [-0.2, 0) is 4.79 Å². The quantitative estimate of drug-likeness (QED) is 0.877. The van der Waals surface area contributed by atoms with Gasteiger partial charge in [-0.15, -0.1) is 0 Å². The van der Waals surface area contributed by atoms with Crippen LogP contribution in [0.5, 0.6) is 0 Å². The van der Waals surface area contributed by atoms with Gasteiger partial charge in [0, 0.05) is 26.6 Å². The molecule has 0 aliphatic carbocycles. The van der Waals surface area contributed by atoms with Gasteiger partial charge in [-0.05, 0) is 24.4 Å². The molecular formula is C16H22N2O. The Morgan fingerprint density at radius 2 is 2.21 bits per heavy atom. The van der Waals surface area contributed by atoms with E-state index >= 15 is 0 Å². The van der Waals surface area contributed by atoms with E-state index in [1.54, 1.807) is 7.05 Å². The first kappa shape index (κ1) is 13.8. The maximum atomic E-state index is 11.3. The lowest BCUT2D eigenvalue weighted by Gasteiger charge is -2.13. The van der Waals surface area contributed by atoms with Crippen molar-refractivity contribution in [1.29, 1.82) is 0 Å². The van der Waals surface area contributed by atoms with Crippen LogP contribution in [0.25, 0.3) is 6.08 Å². The predicted molar refractivity (Wildman–Crippen MR) is 78.7 cm³/mol. The van der Waals surface area contributed by atoms with Crippen LogP contribution in [0, 0.1) is 5.92 Å². The number of carbonyl (C=O) groups is 1. The molecule has 0 radical (unpaired) electrons. The second kappa shape index (κ2) is 7.10. The highest BCUT2D eigenvalue weighted by Gasteiger charge is 2.23. The number of nitrogens with one attached hydrogen (secondary N) is 1. The SMILES string of the molecule is CNC(=O)CC1CCN(CC=Cc2ccccc2)C1. The molecule has 1 saturated heterocycles. The molecule has 1 amide bonds. The summed E-state index contributed by atoms with van der Waals surface area (Å²) in [5.74, 6) is 0.678. The lowest BCUT2D eigenvalue weighted by molar-refractivity contribution is -0.121. The predicted octanol–water partition coefficient (Wildman–Crippen LogP) is 2.16. The molecule has 2 rings (SSSR count). The van der Waals surface area contributed by atoms with Gasteiger partial charge in [0.1, 0.15) is 0 Å². The van der Waals surface area contributed by atoms with E-state index in [1.807, 2.05) is 6.07 Å². The molecule has 0 spiro atoms. The Morgan fingerprint density at radius 3 is 2.95 bits per heavy atom. The van der Waals surface area contributed by atoms with Gasteiger partial charge in [-0.1, -0.05) is 42.5 Å². The van der Waals surface area contributed by atoms with Crippen molar-refractivity contribution in [3.63, 3.8) is 0 Å². The highest BCUT2D eigenvalue weighted by atomic mass is 16.1. The third kappa shape index (κ3) is 4.52. The second-order valence-electron chi connectivity index (χ2n) is 5.10. The highest BCUT2D eigenvalue weighted by molar-refractivity contribution is 5.75. The molecule has 1 fully saturated rings. The zero-order chi connectivity index (χ0) is 13.5. The Balaban J connectivity index is 1.73. The maximum Gasteiger partial charge on any atom is 0.220 e. The zero-order valence-electron chi connectivity index (χ0n) is 11.5. The summed E-state index contributed by atoms with van der Waals surface area (Å²) in [6.45, 7) is 3.10. The molecule has 1 N–H and O–H groups in total. The zero-order valence-corrected chi connectivity index (χ0v) is 11.5. The summed E-state index contributed by atoms with van der Waals surface area (Å²) in [5, 5.41) is 2.70. The molecular weight excluding hydrogens is 236 g/mol. The summed E-state index contributed by atoms with van der Waals surface area (Å²) < 4.78 is 0. The van der Waals surface area contributed by atoms with E-state index in [1.165, 1.54) is 5.56 Å². The molecule has 1 aliphatic heterocycles. The van der Waals surface area contributed by atoms with Crippen LogP contribution < -0.4 is 5.32 Å². The van der Waals surface area contributed by atoms with Crippen LogP contribution in [0.15, 0.2) is 36.4 Å². The average molecular weight is 258 g/mol. The van der Waals surface area contributed by atoms with Crippen LogP contribution in [0.3, 0.4) is 0 Å². The van der Waals surface area contributed by atoms with Crippen LogP contribution in [-0.4, -0.2) is 37.5 Å². The fraction of sp³-hybridized carbons (Fsp3) is 0.438. The highest BCUT2D eigenvalue weighted by Crippen LogP contribution is 2.19. The van der Waals surface area contributed by atoms with Crippen molar-refractivity contribution in [1.82, 2.24) is 10.2 Å². The largest absolute Gasteiger partial charge is 0.359 e. The number of likely N-dealkylation sites (tertiary alicyclic amines) is 1. The van der Waals surface area contributed by atoms with Crippen molar-refractivity contribution in [3.8, 4) is 0 Å². The molecule has 1 aliphatic rings. The topological polar surface area (TPSA) is 32.3 Å². The van der Waals surface area contributed by atoms with Crippen molar-refractivity contribution < 1.29 is 4.79 Å². The number of amides is 1. The minimum Gasteiger partial charge on any atom is -0.359 e. The summed E-state index contributed by atoms with van der Waals surface area (Å²) in [7, 11) is 1.71. The van der Waals surface area contributed by atoms with Gasteiger partial charge in [0.2, 0.25) is 5.91 Å². The minimum atomic E-state index is 0.159. The van der Waals surface area contributed by atoms with Crippen molar-refractivity contribution in [2.45, 2.75) is 12.8 Å². The van der Waals surface area contributed by atoms with Gasteiger partial charge in [0.15, 0.2) is 0 Å². The number of rotatable bonds is 5. The number of benzene rings is 1. The third-order valence-corrected chi connectivity index (χ3v) is 3.60. The first-order valence-electron chi connectivity index (χ1n) is 6.92. The van der Waals surface area contributed by atoms with Crippen LogP contribution >= 0.6 is 0 Å². The Bertz CT molecular complexity index is 428. The number of hydrogen-bond donors (Lipinski definition) is 1. The van der Waals surface area contributed by atoms with Gasteiger partial charge >= 0.3 is 0 Å². The van der Waals surface area contributed by atoms with Crippen molar-refractivity contribution in [2.24, 2.45) is 5.92 Å². The fourth-order valence-corrected chi connectivity index (χ4v) is 2.51. The maximum absolute atomic E-state index is 11.3. The van der Waals surface area contributed by atoms with Crippen LogP contribution in [0.2, 0.25) is 0 Å². The summed E-state index contributed by atoms with van der Waals surface area (Å²) in [6.07, 6.45) is 6.16. The minimum absolute atomic E-state index is 0.159. The summed E-state index contributed by atoms with van der Waals surface area (Å²) in [5.41, 5.74) is 1.24. The molecule has 0 aromatic heterocycles. The van der Waals surface area contributed by atoms with Gasteiger partial charge < -0.3 is 5.32 Å². The summed E-state index contributed by atoms with van der Waals surface area (Å²) >= 11 is 0. The van der Waals surface area contributed by atoms with Crippen LogP contribution in [0.4, 0.5) is 0 Å². The Hall–Kier alpha value is -1.61. The molecule has 3 nitrogen and oxygen atoms in total. The lowest BCUT2D eigenvalue weighted by atomic mass is 10.1. The van der Waals surface area contributed by atoms with Gasteiger partial charge in [-0.2, -0.15) is 0 Å². The first-order chi connectivity index (χ1) is 9.28. The Morgan fingerprint density at radius 1 is 1.42 bits per heavy atom. The molecule has 1 aromatic carbocycles. The monoisotopic (exact) mass is 258 g/mol. The van der Waals surface area contributed by atoms with Crippen LogP contribution in [0.1, 0.15) is 18.4 Å².